The fourth-order valence-corrected chi connectivity index (χ4v) is 3.54. The normalized spacial score (nSPS) is 13.5. The number of hydrogen-bond donors (Lipinski definition) is 1. The molecule has 1 N–H and O–H groups in total. The van der Waals surface area contributed by atoms with Gasteiger partial charge in [0.2, 0.25) is 0 Å². The van der Waals surface area contributed by atoms with Crippen LogP contribution in [0.15, 0.2) is 36.1 Å². The molecule has 0 fully saturated rings. The molecule has 1 aromatic heterocycles. The molecule has 1 amide bonds. The number of carbonyl (C=O) groups excluding carboxylic acids is 1. The first-order chi connectivity index (χ1) is 14.5. The fourth-order valence-electron chi connectivity index (χ4n) is 3.54. The zero-order chi connectivity index (χ0) is 21.7. The molecule has 1 heterocycles. The van der Waals surface area contributed by atoms with E-state index >= 15 is 0 Å². The summed E-state index contributed by atoms with van der Waals surface area (Å²) in [4.78, 5) is 12.1. The minimum Gasteiger partial charge on any atom is -0.501 e. The number of nitrogens with one attached hydrogen (secondary N) is 1. The quantitative estimate of drug-likeness (QED) is 0.791. The number of hydrogen-bond acceptors (Lipinski definition) is 4. The van der Waals surface area contributed by atoms with Gasteiger partial charge in [0.05, 0.1) is 24.1 Å². The Labute approximate surface area is 176 Å². The number of fused-ring (bicyclic) bond motifs is 1. The molecule has 1 aromatic carbocycles. The van der Waals surface area contributed by atoms with Crippen LogP contribution < -0.4 is 15.9 Å². The van der Waals surface area contributed by atoms with Gasteiger partial charge in [-0.15, -0.1) is 0 Å². The summed E-state index contributed by atoms with van der Waals surface area (Å²) < 4.78 is 12.8. The van der Waals surface area contributed by atoms with Crippen molar-refractivity contribution in [2.75, 3.05) is 12.4 Å². The topological polar surface area (TPSA) is 76.3 Å². The van der Waals surface area contributed by atoms with Crippen LogP contribution in [-0.2, 0) is 16.0 Å². The van der Waals surface area contributed by atoms with Crippen LogP contribution >= 0.6 is 0 Å². The summed E-state index contributed by atoms with van der Waals surface area (Å²) in [5.74, 6) is 0.852. The fraction of sp³-hybridized carbons (Fsp3) is 0.333. The summed E-state index contributed by atoms with van der Waals surface area (Å²) in [6, 6.07) is 9.87. The van der Waals surface area contributed by atoms with E-state index in [1.54, 1.807) is 7.11 Å². The van der Waals surface area contributed by atoms with E-state index in [-0.39, 0.29) is 6.10 Å². The largest absolute Gasteiger partial charge is 0.501 e. The Bertz CT molecular complexity index is 1140. The van der Waals surface area contributed by atoms with Crippen LogP contribution in [0.4, 0.5) is 10.5 Å². The van der Waals surface area contributed by atoms with Crippen LogP contribution in [0.25, 0.3) is 23.4 Å². The minimum absolute atomic E-state index is 0.150. The van der Waals surface area contributed by atoms with E-state index in [1.807, 2.05) is 50.3 Å². The van der Waals surface area contributed by atoms with Gasteiger partial charge in [-0.3, -0.25) is 5.32 Å². The molecule has 1 aliphatic carbocycles. The number of anilines is 1. The molecular weight excluding hydrogens is 378 g/mol. The van der Waals surface area contributed by atoms with Crippen molar-refractivity contribution in [2.45, 2.75) is 46.3 Å². The number of amides is 1. The maximum absolute atomic E-state index is 12.1. The molecule has 1 unspecified atom stereocenters. The Hall–Kier alpha value is -3.46. The van der Waals surface area contributed by atoms with Crippen LogP contribution in [0.3, 0.4) is 0 Å². The lowest BCUT2D eigenvalue weighted by atomic mass is 10.1. The smallest absolute Gasteiger partial charge is 0.411 e. The maximum Gasteiger partial charge on any atom is 0.411 e. The van der Waals surface area contributed by atoms with Gasteiger partial charge in [-0.05, 0) is 44.6 Å². The number of nitrogens with zero attached hydrogens (tertiary/aromatic N) is 2. The highest BCUT2D eigenvalue weighted by Gasteiger charge is 2.17. The van der Waals surface area contributed by atoms with Gasteiger partial charge < -0.3 is 14.0 Å². The van der Waals surface area contributed by atoms with Crippen LogP contribution in [0.2, 0.25) is 0 Å². The van der Waals surface area contributed by atoms with E-state index in [0.29, 0.717) is 24.2 Å². The van der Waals surface area contributed by atoms with Gasteiger partial charge >= 0.3 is 6.09 Å². The van der Waals surface area contributed by atoms with Gasteiger partial charge in [0.1, 0.15) is 12.2 Å². The van der Waals surface area contributed by atoms with Crippen molar-refractivity contribution >= 4 is 23.9 Å². The Kier molecular flexibility index (Phi) is 6.63. The molecule has 0 aliphatic heterocycles. The molecule has 0 bridgehead atoms. The van der Waals surface area contributed by atoms with Gasteiger partial charge in [0.15, 0.2) is 0 Å². The summed E-state index contributed by atoms with van der Waals surface area (Å²) in [7, 11) is 1.65. The lowest BCUT2D eigenvalue weighted by molar-refractivity contribution is 0.118. The number of ether oxygens (including phenoxy) is 2. The van der Waals surface area contributed by atoms with Crippen LogP contribution in [-0.4, -0.2) is 23.9 Å². The predicted molar refractivity (Wildman–Crippen MR) is 118 cm³/mol. The van der Waals surface area contributed by atoms with E-state index < -0.39 is 6.09 Å². The minimum atomic E-state index is -0.484. The van der Waals surface area contributed by atoms with Crippen molar-refractivity contribution in [2.24, 2.45) is 0 Å². The standard InChI is InChI=1S/C24H27N3O3/c1-5-16(3)30-24(28)26-18-9-7-8-17(14-18)23-21(15-25)20-12-10-19(29-4)11-13-22(20)27(23)6-2/h7-10,12-14,16H,5-6,11H2,1-4H3,(H,26,28). The number of benzene rings is 1. The molecule has 0 saturated heterocycles. The summed E-state index contributed by atoms with van der Waals surface area (Å²) in [6.07, 6.45) is 6.73. The van der Waals surface area contributed by atoms with Gasteiger partial charge in [-0.1, -0.05) is 25.1 Å². The van der Waals surface area contributed by atoms with Crippen molar-refractivity contribution < 1.29 is 14.3 Å². The average molecular weight is 405 g/mol. The monoisotopic (exact) mass is 405 g/mol. The summed E-state index contributed by atoms with van der Waals surface area (Å²) >= 11 is 0. The summed E-state index contributed by atoms with van der Waals surface area (Å²) in [5, 5.41) is 14.6. The summed E-state index contributed by atoms with van der Waals surface area (Å²) in [6.45, 7) is 6.58. The molecule has 0 saturated carbocycles. The third-order valence-electron chi connectivity index (χ3n) is 5.23. The molecule has 0 radical (unpaired) electrons. The number of carbonyl (C=O) groups is 1. The third kappa shape index (κ3) is 4.25. The van der Waals surface area contributed by atoms with Crippen LogP contribution in [0.5, 0.6) is 0 Å². The number of nitriles is 1. The number of aromatic nitrogens is 1. The van der Waals surface area contributed by atoms with Gasteiger partial charge in [0, 0.05) is 34.8 Å². The lowest BCUT2D eigenvalue weighted by Gasteiger charge is -2.13. The Morgan fingerprint density at radius 1 is 1.33 bits per heavy atom. The second-order valence-corrected chi connectivity index (χ2v) is 7.12. The van der Waals surface area contributed by atoms with Crippen molar-refractivity contribution in [1.29, 1.82) is 5.26 Å². The van der Waals surface area contributed by atoms with Crippen LogP contribution in [0.1, 0.15) is 39.2 Å². The van der Waals surface area contributed by atoms with E-state index in [1.165, 1.54) is 0 Å². The first kappa shape index (κ1) is 21.3. The molecular formula is C24H27N3O3. The highest BCUT2D eigenvalue weighted by atomic mass is 16.6. The van der Waals surface area contributed by atoms with Crippen LogP contribution in [0, 0.1) is 11.3 Å². The molecule has 0 spiro atoms. The molecule has 1 aliphatic rings. The zero-order valence-electron chi connectivity index (χ0n) is 17.9. The molecule has 1 atom stereocenters. The third-order valence-corrected chi connectivity index (χ3v) is 5.23. The maximum atomic E-state index is 12.1. The van der Waals surface area contributed by atoms with Crippen molar-refractivity contribution in [3.05, 3.63) is 52.2 Å². The average Bonchev–Trinajstić information content (AvgIpc) is 2.90. The molecule has 30 heavy (non-hydrogen) atoms. The highest BCUT2D eigenvalue weighted by Crippen LogP contribution is 2.25. The van der Waals surface area contributed by atoms with Gasteiger partial charge in [-0.2, -0.15) is 5.26 Å². The SMILES string of the molecule is CCC(C)OC(=O)Nc1cccc(-c2c(C#N)c3c(n2CC)=CCC(OC)=CC=3)c1. The van der Waals surface area contributed by atoms with Gasteiger partial charge in [0.25, 0.3) is 0 Å². The Morgan fingerprint density at radius 3 is 2.80 bits per heavy atom. The number of methoxy groups -OCH3 is 1. The first-order valence-corrected chi connectivity index (χ1v) is 10.2. The first-order valence-electron chi connectivity index (χ1n) is 10.2. The molecule has 3 rings (SSSR count). The Morgan fingerprint density at radius 2 is 2.13 bits per heavy atom. The van der Waals surface area contributed by atoms with E-state index in [4.69, 9.17) is 9.47 Å². The van der Waals surface area contributed by atoms with E-state index in [0.717, 1.165) is 34.0 Å². The molecule has 2 aromatic rings. The van der Waals surface area contributed by atoms with Gasteiger partial charge in [-0.25, -0.2) is 4.79 Å². The Balaban J connectivity index is 2.08. The predicted octanol–water partition coefficient (Wildman–Crippen LogP) is 3.89. The lowest BCUT2D eigenvalue weighted by Crippen LogP contribution is -2.29. The summed E-state index contributed by atoms with van der Waals surface area (Å²) in [5.41, 5.74) is 2.93. The number of allylic oxidation sites excluding steroid dienone is 2. The highest BCUT2D eigenvalue weighted by molar-refractivity contribution is 5.86. The number of rotatable bonds is 6. The van der Waals surface area contributed by atoms with Crippen molar-refractivity contribution in [3.63, 3.8) is 0 Å². The molecule has 6 nitrogen and oxygen atoms in total. The van der Waals surface area contributed by atoms with Crippen molar-refractivity contribution in [1.82, 2.24) is 4.57 Å². The second kappa shape index (κ2) is 9.36. The molecule has 156 valence electrons. The molecule has 6 heteroatoms. The van der Waals surface area contributed by atoms with Crippen molar-refractivity contribution in [3.8, 4) is 17.3 Å². The zero-order valence-corrected chi connectivity index (χ0v) is 17.9. The second-order valence-electron chi connectivity index (χ2n) is 7.12. The van der Waals surface area contributed by atoms with E-state index in [2.05, 4.69) is 29.0 Å². The van der Waals surface area contributed by atoms with E-state index in [9.17, 15) is 10.1 Å².